The Morgan fingerprint density at radius 2 is 1.72 bits per heavy atom. The van der Waals surface area contributed by atoms with E-state index in [0.29, 0.717) is 18.8 Å². The average molecular weight is 412 g/mol. The predicted molar refractivity (Wildman–Crippen MR) is 115 cm³/mol. The van der Waals surface area contributed by atoms with Gasteiger partial charge in [0, 0.05) is 55.3 Å². The summed E-state index contributed by atoms with van der Waals surface area (Å²) in [6.07, 6.45) is 0. The van der Waals surface area contributed by atoms with Crippen molar-refractivity contribution < 1.29 is 9.18 Å². The number of anilines is 1. The number of amides is 1. The monoisotopic (exact) mass is 411 g/mol. The van der Waals surface area contributed by atoms with Gasteiger partial charge in [0.25, 0.3) is 5.56 Å². The predicted octanol–water partition coefficient (Wildman–Crippen LogP) is 3.12. The summed E-state index contributed by atoms with van der Waals surface area (Å²) in [6.45, 7) is 2.70. The minimum atomic E-state index is -0.247. The van der Waals surface area contributed by atoms with Crippen LogP contribution in [0.4, 0.5) is 10.1 Å². The van der Waals surface area contributed by atoms with Crippen molar-refractivity contribution in [3.63, 3.8) is 0 Å². The molecule has 2 heterocycles. The van der Waals surface area contributed by atoms with E-state index < -0.39 is 0 Å². The van der Waals surface area contributed by atoms with Crippen LogP contribution in [-0.4, -0.2) is 47.3 Å². The summed E-state index contributed by atoms with van der Waals surface area (Å²) in [5, 5.41) is 0.980. The Hall–Kier alpha value is -2.80. The van der Waals surface area contributed by atoms with Crippen LogP contribution in [0.2, 0.25) is 0 Å². The largest absolute Gasteiger partial charge is 0.368 e. The molecule has 150 valence electrons. The Kier molecular flexibility index (Phi) is 5.58. The number of halogens is 1. The van der Waals surface area contributed by atoms with Gasteiger partial charge in [0.15, 0.2) is 0 Å². The first kappa shape index (κ1) is 19.5. The molecule has 7 heteroatoms. The lowest BCUT2D eigenvalue weighted by molar-refractivity contribution is -0.128. The molecule has 1 aliphatic rings. The standard InChI is InChI=1S/C22H22FN3O2S/c1-24-19-5-3-2-4-18(19)20(14-21(24)27)29-15-22(28)26-12-10-25(11-13-26)17-8-6-16(23)7-9-17/h2-9,14H,10-13,15H2,1H3. The maximum Gasteiger partial charge on any atom is 0.251 e. The van der Waals surface area contributed by atoms with Crippen molar-refractivity contribution in [3.8, 4) is 0 Å². The van der Waals surface area contributed by atoms with E-state index in [1.165, 1.54) is 23.9 Å². The minimum absolute atomic E-state index is 0.0681. The number of piperazine rings is 1. The highest BCUT2D eigenvalue weighted by molar-refractivity contribution is 8.00. The van der Waals surface area contributed by atoms with Crippen molar-refractivity contribution in [3.05, 3.63) is 70.8 Å². The summed E-state index contributed by atoms with van der Waals surface area (Å²) < 4.78 is 14.7. The maximum atomic E-state index is 13.1. The van der Waals surface area contributed by atoms with Crippen LogP contribution < -0.4 is 10.5 Å². The molecule has 0 saturated carbocycles. The molecule has 0 unspecified atom stereocenters. The van der Waals surface area contributed by atoms with Crippen molar-refractivity contribution in [2.45, 2.75) is 4.90 Å². The molecule has 3 aromatic rings. The van der Waals surface area contributed by atoms with Gasteiger partial charge < -0.3 is 14.4 Å². The number of rotatable bonds is 4. The molecular formula is C22H22FN3O2S. The number of aromatic nitrogens is 1. The van der Waals surface area contributed by atoms with Gasteiger partial charge in [-0.3, -0.25) is 9.59 Å². The van der Waals surface area contributed by atoms with Crippen LogP contribution in [0.5, 0.6) is 0 Å². The van der Waals surface area contributed by atoms with Gasteiger partial charge >= 0.3 is 0 Å². The van der Waals surface area contributed by atoms with Crippen molar-refractivity contribution in [2.24, 2.45) is 7.05 Å². The third kappa shape index (κ3) is 4.15. The zero-order valence-electron chi connectivity index (χ0n) is 16.2. The molecule has 1 saturated heterocycles. The lowest BCUT2D eigenvalue weighted by atomic mass is 10.2. The summed E-state index contributed by atoms with van der Waals surface area (Å²) in [7, 11) is 1.75. The number of benzene rings is 2. The number of hydrogen-bond acceptors (Lipinski definition) is 4. The van der Waals surface area contributed by atoms with Gasteiger partial charge in [-0.1, -0.05) is 18.2 Å². The van der Waals surface area contributed by atoms with Gasteiger partial charge in [-0.2, -0.15) is 0 Å². The summed E-state index contributed by atoms with van der Waals surface area (Å²) in [6, 6.07) is 15.8. The Morgan fingerprint density at radius 3 is 2.45 bits per heavy atom. The number of carbonyl (C=O) groups is 1. The molecule has 5 nitrogen and oxygen atoms in total. The van der Waals surface area contributed by atoms with E-state index in [1.807, 2.05) is 29.2 Å². The first-order valence-electron chi connectivity index (χ1n) is 9.53. The number of nitrogens with zero attached hydrogens (tertiary/aromatic N) is 3. The van der Waals surface area contributed by atoms with E-state index in [9.17, 15) is 14.0 Å². The molecule has 1 fully saturated rings. The van der Waals surface area contributed by atoms with E-state index in [4.69, 9.17) is 0 Å². The van der Waals surface area contributed by atoms with Crippen LogP contribution in [0.25, 0.3) is 10.9 Å². The molecule has 1 amide bonds. The summed E-state index contributed by atoms with van der Waals surface area (Å²) in [5.41, 5.74) is 1.76. The zero-order valence-corrected chi connectivity index (χ0v) is 17.0. The smallest absolute Gasteiger partial charge is 0.251 e. The SMILES string of the molecule is Cn1c(=O)cc(SCC(=O)N2CCN(c3ccc(F)cc3)CC2)c2ccccc21. The van der Waals surface area contributed by atoms with Gasteiger partial charge in [0.1, 0.15) is 5.82 Å². The number of hydrogen-bond donors (Lipinski definition) is 0. The number of carbonyl (C=O) groups excluding carboxylic acids is 1. The molecular weight excluding hydrogens is 389 g/mol. The molecule has 0 N–H and O–H groups in total. The van der Waals surface area contributed by atoms with Gasteiger partial charge in [0.2, 0.25) is 5.91 Å². The summed E-state index contributed by atoms with van der Waals surface area (Å²) >= 11 is 1.41. The second kappa shape index (κ2) is 8.29. The average Bonchev–Trinajstić information content (AvgIpc) is 2.76. The molecule has 4 rings (SSSR count). The number of fused-ring (bicyclic) bond motifs is 1. The molecule has 0 radical (unpaired) electrons. The second-order valence-electron chi connectivity index (χ2n) is 7.06. The third-order valence-electron chi connectivity index (χ3n) is 5.29. The Labute approximate surface area is 172 Å². The van der Waals surface area contributed by atoms with Crippen LogP contribution >= 0.6 is 11.8 Å². The highest BCUT2D eigenvalue weighted by Crippen LogP contribution is 2.26. The number of thioether (sulfide) groups is 1. The fourth-order valence-corrected chi connectivity index (χ4v) is 4.57. The molecule has 0 spiro atoms. The lowest BCUT2D eigenvalue weighted by Gasteiger charge is -2.36. The highest BCUT2D eigenvalue weighted by atomic mass is 32.2. The third-order valence-corrected chi connectivity index (χ3v) is 6.33. The van der Waals surface area contributed by atoms with E-state index in [0.717, 1.165) is 34.6 Å². The molecule has 2 aromatic carbocycles. The Morgan fingerprint density at radius 1 is 1.03 bits per heavy atom. The number of pyridine rings is 1. The van der Waals surface area contributed by atoms with E-state index in [2.05, 4.69) is 4.90 Å². The quantitative estimate of drug-likeness (QED) is 0.619. The van der Waals surface area contributed by atoms with Crippen LogP contribution in [0, 0.1) is 5.82 Å². The molecule has 0 aliphatic carbocycles. The van der Waals surface area contributed by atoms with Crippen LogP contribution in [-0.2, 0) is 11.8 Å². The lowest BCUT2D eigenvalue weighted by Crippen LogP contribution is -2.49. The van der Waals surface area contributed by atoms with Gasteiger partial charge in [-0.05, 0) is 30.3 Å². The first-order valence-corrected chi connectivity index (χ1v) is 10.5. The second-order valence-corrected chi connectivity index (χ2v) is 8.07. The first-order chi connectivity index (χ1) is 14.0. The summed E-state index contributed by atoms with van der Waals surface area (Å²) in [5.74, 6) is 0.120. The van der Waals surface area contributed by atoms with Gasteiger partial charge in [-0.25, -0.2) is 4.39 Å². The Balaban J connectivity index is 1.39. The van der Waals surface area contributed by atoms with E-state index in [-0.39, 0.29) is 17.3 Å². The fraction of sp³-hybridized carbons (Fsp3) is 0.273. The van der Waals surface area contributed by atoms with Crippen molar-refractivity contribution in [2.75, 3.05) is 36.8 Å². The van der Waals surface area contributed by atoms with E-state index >= 15 is 0 Å². The molecule has 29 heavy (non-hydrogen) atoms. The van der Waals surface area contributed by atoms with Crippen LogP contribution in [0.15, 0.2) is 64.3 Å². The van der Waals surface area contributed by atoms with Gasteiger partial charge in [0.05, 0.1) is 11.3 Å². The molecule has 1 aromatic heterocycles. The van der Waals surface area contributed by atoms with Crippen LogP contribution in [0.3, 0.4) is 0 Å². The van der Waals surface area contributed by atoms with E-state index in [1.54, 1.807) is 29.8 Å². The zero-order chi connectivity index (χ0) is 20.4. The topological polar surface area (TPSA) is 45.6 Å². The van der Waals surface area contributed by atoms with Gasteiger partial charge in [-0.15, -0.1) is 11.8 Å². The van der Waals surface area contributed by atoms with Crippen molar-refractivity contribution in [1.82, 2.24) is 9.47 Å². The van der Waals surface area contributed by atoms with Crippen LogP contribution in [0.1, 0.15) is 0 Å². The fourth-order valence-electron chi connectivity index (χ4n) is 3.60. The van der Waals surface area contributed by atoms with Crippen molar-refractivity contribution in [1.29, 1.82) is 0 Å². The Bertz CT molecular complexity index is 1090. The maximum absolute atomic E-state index is 13.1. The number of aryl methyl sites for hydroxylation is 1. The molecule has 1 aliphatic heterocycles. The highest BCUT2D eigenvalue weighted by Gasteiger charge is 2.21. The molecule has 0 bridgehead atoms. The normalized spacial score (nSPS) is 14.4. The number of para-hydroxylation sites is 1. The minimum Gasteiger partial charge on any atom is -0.368 e. The molecule has 0 atom stereocenters. The summed E-state index contributed by atoms with van der Waals surface area (Å²) in [4.78, 5) is 29.8. The van der Waals surface area contributed by atoms with Crippen molar-refractivity contribution >= 4 is 34.3 Å².